The zero-order chi connectivity index (χ0) is 33.7. The van der Waals surface area contributed by atoms with Crippen molar-refractivity contribution in [1.29, 1.82) is 0 Å². The highest BCUT2D eigenvalue weighted by atomic mass is 16.3. The summed E-state index contributed by atoms with van der Waals surface area (Å²) in [6.07, 6.45) is 0. The molecule has 51 heavy (non-hydrogen) atoms. The largest absolute Gasteiger partial charge is 0.456 e. The number of pyridine rings is 1. The lowest BCUT2D eigenvalue weighted by molar-refractivity contribution is 0.669. The summed E-state index contributed by atoms with van der Waals surface area (Å²) in [6, 6.07) is 58.0. The second-order valence-electron chi connectivity index (χ2n) is 12.6. The molecule has 7 aromatic carbocycles. The number of aromatic nitrogens is 4. The Morgan fingerprint density at radius 1 is 0.314 bits per heavy atom. The fraction of sp³-hybridized carbons (Fsp3) is 0. The Hall–Kier alpha value is -6.98. The zero-order valence-electron chi connectivity index (χ0n) is 27.4. The lowest BCUT2D eigenvalue weighted by atomic mass is 9.95. The number of para-hydroxylation sites is 1. The minimum absolute atomic E-state index is 0.592. The first-order valence-electron chi connectivity index (χ1n) is 17.0. The van der Waals surface area contributed by atoms with Gasteiger partial charge in [0.05, 0.1) is 11.2 Å². The van der Waals surface area contributed by atoms with E-state index in [9.17, 15) is 0 Å². The van der Waals surface area contributed by atoms with Crippen LogP contribution in [0.5, 0.6) is 0 Å². The van der Waals surface area contributed by atoms with E-state index in [1.165, 1.54) is 0 Å². The monoisotopic (exact) mass is 652 g/mol. The number of benzene rings is 7. The maximum atomic E-state index is 6.51. The molecule has 0 aliphatic rings. The van der Waals surface area contributed by atoms with Gasteiger partial charge < -0.3 is 4.42 Å². The van der Waals surface area contributed by atoms with Crippen molar-refractivity contribution in [2.24, 2.45) is 0 Å². The Labute approximate surface area is 293 Å². The van der Waals surface area contributed by atoms with Gasteiger partial charge in [0, 0.05) is 43.8 Å². The Morgan fingerprint density at radius 3 is 1.53 bits per heavy atom. The van der Waals surface area contributed by atoms with Crippen LogP contribution >= 0.6 is 0 Å². The minimum atomic E-state index is 0.592. The van der Waals surface area contributed by atoms with Crippen molar-refractivity contribution in [3.05, 3.63) is 170 Å². The van der Waals surface area contributed by atoms with E-state index < -0.39 is 0 Å². The summed E-state index contributed by atoms with van der Waals surface area (Å²) in [5.74, 6) is 1.82. The predicted octanol–water partition coefficient (Wildman–Crippen LogP) is 11.8. The van der Waals surface area contributed by atoms with Gasteiger partial charge in [-0.3, -0.25) is 0 Å². The molecule has 10 rings (SSSR count). The van der Waals surface area contributed by atoms with Crippen molar-refractivity contribution in [3.63, 3.8) is 0 Å². The molecule has 0 N–H and O–H groups in total. The van der Waals surface area contributed by atoms with E-state index in [0.29, 0.717) is 17.5 Å². The maximum Gasteiger partial charge on any atom is 0.164 e. The third-order valence-electron chi connectivity index (χ3n) is 9.52. The molecule has 10 aromatic rings. The van der Waals surface area contributed by atoms with Gasteiger partial charge in [0.25, 0.3) is 0 Å². The molecule has 0 atom stereocenters. The van der Waals surface area contributed by atoms with E-state index in [0.717, 1.165) is 82.7 Å². The molecule has 0 aliphatic heterocycles. The zero-order valence-corrected chi connectivity index (χ0v) is 27.4. The van der Waals surface area contributed by atoms with Gasteiger partial charge in [-0.25, -0.2) is 19.9 Å². The van der Waals surface area contributed by atoms with Gasteiger partial charge in [0.2, 0.25) is 0 Å². The molecule has 0 radical (unpaired) electrons. The van der Waals surface area contributed by atoms with Crippen molar-refractivity contribution in [2.45, 2.75) is 0 Å². The number of rotatable bonds is 5. The first-order chi connectivity index (χ1) is 25.3. The molecule has 0 saturated heterocycles. The van der Waals surface area contributed by atoms with Crippen LogP contribution in [0.25, 0.3) is 100 Å². The first kappa shape index (κ1) is 29.0. The third kappa shape index (κ3) is 5.03. The summed E-state index contributed by atoms with van der Waals surface area (Å²) in [4.78, 5) is 20.3. The lowest BCUT2D eigenvalue weighted by Crippen LogP contribution is -2.00. The number of furan rings is 1. The van der Waals surface area contributed by atoms with Gasteiger partial charge in [-0.15, -0.1) is 0 Å². The van der Waals surface area contributed by atoms with E-state index in [1.807, 2.05) is 60.7 Å². The summed E-state index contributed by atoms with van der Waals surface area (Å²) >= 11 is 0. The number of nitrogens with zero attached hydrogens (tertiary/aromatic N) is 4. The molecular formula is C46H28N4O. The molecule has 0 saturated carbocycles. The van der Waals surface area contributed by atoms with Gasteiger partial charge >= 0.3 is 0 Å². The maximum absolute atomic E-state index is 6.51. The minimum Gasteiger partial charge on any atom is -0.456 e. The molecule has 3 aromatic heterocycles. The van der Waals surface area contributed by atoms with Crippen LogP contribution in [0.2, 0.25) is 0 Å². The van der Waals surface area contributed by atoms with E-state index >= 15 is 0 Å². The van der Waals surface area contributed by atoms with Gasteiger partial charge in [0.1, 0.15) is 11.2 Å². The lowest BCUT2D eigenvalue weighted by Gasteiger charge is -2.11. The normalized spacial score (nSPS) is 11.5. The van der Waals surface area contributed by atoms with E-state index in [4.69, 9.17) is 24.4 Å². The number of fused-ring (bicyclic) bond motifs is 7. The van der Waals surface area contributed by atoms with Crippen molar-refractivity contribution in [3.8, 4) is 56.5 Å². The third-order valence-corrected chi connectivity index (χ3v) is 9.52. The predicted molar refractivity (Wildman–Crippen MR) is 207 cm³/mol. The van der Waals surface area contributed by atoms with Crippen LogP contribution in [0.1, 0.15) is 0 Å². The molecule has 5 heteroatoms. The van der Waals surface area contributed by atoms with Crippen LogP contribution in [0, 0.1) is 0 Å². The highest BCUT2D eigenvalue weighted by Gasteiger charge is 2.19. The summed E-state index contributed by atoms with van der Waals surface area (Å²) in [6.45, 7) is 0. The molecule has 0 bridgehead atoms. The SMILES string of the molecule is c1ccc(-c2ccc(-c3nc(-c4ccccc4)nc(-c4ccc5oc6ccc7c8ccccc8nc(-c8ccccc8)c7c6c5c4)n3)cc2)cc1. The fourth-order valence-electron chi connectivity index (χ4n) is 7.05. The Kier molecular flexibility index (Phi) is 6.74. The van der Waals surface area contributed by atoms with Gasteiger partial charge in [0.15, 0.2) is 17.5 Å². The van der Waals surface area contributed by atoms with Crippen molar-refractivity contribution >= 4 is 43.6 Å². The van der Waals surface area contributed by atoms with Crippen LogP contribution in [-0.2, 0) is 0 Å². The molecule has 0 spiro atoms. The second kappa shape index (κ2) is 11.9. The average molecular weight is 653 g/mol. The fourth-order valence-corrected chi connectivity index (χ4v) is 7.05. The van der Waals surface area contributed by atoms with Crippen molar-refractivity contribution in [2.75, 3.05) is 0 Å². The molecule has 0 unspecified atom stereocenters. The molecule has 3 heterocycles. The van der Waals surface area contributed by atoms with Crippen LogP contribution in [0.4, 0.5) is 0 Å². The number of hydrogen-bond acceptors (Lipinski definition) is 5. The standard InChI is InChI=1S/C46H28N4O/c1-4-12-29(13-5-1)30-20-22-33(23-21-30)45-48-44(32-16-8-3-9-17-32)49-46(50-45)34-24-26-39-37(28-34)41-40(51-39)27-25-36-35-18-10-11-19-38(35)47-43(42(36)41)31-14-6-2-7-15-31/h1-28H. The van der Waals surface area contributed by atoms with Gasteiger partial charge in [-0.1, -0.05) is 133 Å². The molecule has 238 valence electrons. The molecular weight excluding hydrogens is 625 g/mol. The van der Waals surface area contributed by atoms with Crippen molar-refractivity contribution < 1.29 is 4.42 Å². The quantitative estimate of drug-likeness (QED) is 0.173. The summed E-state index contributed by atoms with van der Waals surface area (Å²) < 4.78 is 6.51. The van der Waals surface area contributed by atoms with Crippen LogP contribution in [0.15, 0.2) is 174 Å². The summed E-state index contributed by atoms with van der Waals surface area (Å²) in [7, 11) is 0. The smallest absolute Gasteiger partial charge is 0.164 e. The summed E-state index contributed by atoms with van der Waals surface area (Å²) in [5.41, 5.74) is 9.56. The average Bonchev–Trinajstić information content (AvgIpc) is 3.60. The molecule has 0 fully saturated rings. The first-order valence-corrected chi connectivity index (χ1v) is 17.0. The van der Waals surface area contributed by atoms with Crippen LogP contribution < -0.4 is 0 Å². The summed E-state index contributed by atoms with van der Waals surface area (Å²) in [5, 5.41) is 5.31. The van der Waals surface area contributed by atoms with Crippen LogP contribution in [0.3, 0.4) is 0 Å². The van der Waals surface area contributed by atoms with Crippen LogP contribution in [-0.4, -0.2) is 19.9 Å². The molecule has 0 amide bonds. The molecule has 5 nitrogen and oxygen atoms in total. The Bertz CT molecular complexity index is 2890. The van der Waals surface area contributed by atoms with Crippen molar-refractivity contribution in [1.82, 2.24) is 19.9 Å². The molecule has 0 aliphatic carbocycles. The number of hydrogen-bond donors (Lipinski definition) is 0. The Morgan fingerprint density at radius 2 is 0.824 bits per heavy atom. The Balaban J connectivity index is 1.20. The van der Waals surface area contributed by atoms with E-state index in [-0.39, 0.29) is 0 Å². The van der Waals surface area contributed by atoms with Gasteiger partial charge in [-0.05, 0) is 52.9 Å². The van der Waals surface area contributed by atoms with E-state index in [2.05, 4.69) is 109 Å². The highest BCUT2D eigenvalue weighted by molar-refractivity contribution is 6.27. The highest BCUT2D eigenvalue weighted by Crippen LogP contribution is 2.42. The topological polar surface area (TPSA) is 64.7 Å². The second-order valence-corrected chi connectivity index (χ2v) is 12.6. The van der Waals surface area contributed by atoms with E-state index in [1.54, 1.807) is 0 Å². The van der Waals surface area contributed by atoms with Gasteiger partial charge in [-0.2, -0.15) is 0 Å².